The summed E-state index contributed by atoms with van der Waals surface area (Å²) in [5, 5.41) is 30.9. The molecule has 3 atom stereocenters. The van der Waals surface area contributed by atoms with Gasteiger partial charge in [-0.2, -0.15) is 0 Å². The molecule has 0 aliphatic carbocycles. The van der Waals surface area contributed by atoms with Crippen molar-refractivity contribution in [1.82, 2.24) is 25.5 Å². The number of aliphatic hydroxyl groups excluding tert-OH is 1. The third-order valence-electron chi connectivity index (χ3n) is 4.40. The number of urea groups is 1. The highest BCUT2D eigenvalue weighted by Crippen LogP contribution is 2.36. The number of fused-ring (bicyclic) bond motifs is 2. The molecule has 11 nitrogen and oxygen atoms in total. The molecule has 1 aromatic heterocycles. The molecule has 1 unspecified atom stereocenters. The monoisotopic (exact) mass is 383 g/mol. The average molecular weight is 383 g/mol. The van der Waals surface area contributed by atoms with Crippen LogP contribution in [0.4, 0.5) is 9.59 Å². The molecular weight excluding hydrogens is 358 g/mol. The van der Waals surface area contributed by atoms with Crippen LogP contribution < -0.4 is 5.32 Å². The Morgan fingerprint density at radius 2 is 2.15 bits per heavy atom. The maximum absolute atomic E-state index is 12.0. The summed E-state index contributed by atoms with van der Waals surface area (Å²) < 4.78 is 10.7. The minimum atomic E-state index is -0.928. The summed E-state index contributed by atoms with van der Waals surface area (Å²) >= 11 is 0. The van der Waals surface area contributed by atoms with E-state index in [9.17, 15) is 19.9 Å². The fourth-order valence-corrected chi connectivity index (χ4v) is 3.18. The molecule has 0 spiro atoms. The fraction of sp³-hybridized carbons (Fsp3) is 0.750. The SMILES string of the molecule is CC(C)(C)OC(=O)NCC(O)Cc1nnc([C@@H]2CC[C@H]3CN2C(=O)N3O)o1. The van der Waals surface area contributed by atoms with Crippen LogP contribution in [-0.2, 0) is 11.2 Å². The first-order valence-corrected chi connectivity index (χ1v) is 8.90. The van der Waals surface area contributed by atoms with Gasteiger partial charge in [-0.15, -0.1) is 10.2 Å². The predicted molar refractivity (Wildman–Crippen MR) is 89.7 cm³/mol. The summed E-state index contributed by atoms with van der Waals surface area (Å²) in [5.74, 6) is 0.484. The smallest absolute Gasteiger partial charge is 0.407 e. The second kappa shape index (κ2) is 7.31. The Morgan fingerprint density at radius 3 is 2.85 bits per heavy atom. The number of hydrogen-bond donors (Lipinski definition) is 3. The lowest BCUT2D eigenvalue weighted by Crippen LogP contribution is -2.37. The van der Waals surface area contributed by atoms with Gasteiger partial charge >= 0.3 is 12.1 Å². The number of rotatable bonds is 5. The summed E-state index contributed by atoms with van der Waals surface area (Å²) in [6.45, 7) is 5.63. The molecule has 3 heterocycles. The highest BCUT2D eigenvalue weighted by atomic mass is 16.6. The summed E-state index contributed by atoms with van der Waals surface area (Å²) in [6.07, 6.45) is -0.242. The van der Waals surface area contributed by atoms with E-state index in [0.717, 1.165) is 5.06 Å². The molecule has 2 aliphatic rings. The van der Waals surface area contributed by atoms with Gasteiger partial charge in [0.1, 0.15) is 11.6 Å². The van der Waals surface area contributed by atoms with Crippen molar-refractivity contribution >= 4 is 12.1 Å². The first kappa shape index (κ1) is 19.4. The second-order valence-electron chi connectivity index (χ2n) is 7.80. The van der Waals surface area contributed by atoms with Gasteiger partial charge in [0.15, 0.2) is 0 Å². The van der Waals surface area contributed by atoms with E-state index in [1.165, 1.54) is 4.90 Å². The van der Waals surface area contributed by atoms with Crippen molar-refractivity contribution in [1.29, 1.82) is 0 Å². The number of aliphatic hydroxyl groups is 1. The molecule has 2 fully saturated rings. The van der Waals surface area contributed by atoms with E-state index in [-0.39, 0.29) is 36.8 Å². The van der Waals surface area contributed by atoms with E-state index in [4.69, 9.17) is 9.15 Å². The quantitative estimate of drug-likeness (QED) is 0.635. The van der Waals surface area contributed by atoms with Crippen molar-refractivity contribution in [2.75, 3.05) is 13.1 Å². The van der Waals surface area contributed by atoms with E-state index < -0.39 is 23.8 Å². The average Bonchev–Trinajstić information content (AvgIpc) is 3.12. The Balaban J connectivity index is 1.52. The number of alkyl carbamates (subject to hydrolysis) is 1. The molecule has 150 valence electrons. The van der Waals surface area contributed by atoms with E-state index in [1.807, 2.05) is 0 Å². The largest absolute Gasteiger partial charge is 0.444 e. The number of amides is 3. The van der Waals surface area contributed by atoms with Crippen LogP contribution in [0.15, 0.2) is 4.42 Å². The molecule has 0 radical (unpaired) electrons. The molecule has 0 saturated carbocycles. The van der Waals surface area contributed by atoms with Crippen LogP contribution in [0.2, 0.25) is 0 Å². The van der Waals surface area contributed by atoms with Crippen LogP contribution in [0.25, 0.3) is 0 Å². The molecule has 27 heavy (non-hydrogen) atoms. The van der Waals surface area contributed by atoms with E-state index in [0.29, 0.717) is 19.4 Å². The van der Waals surface area contributed by atoms with Crippen LogP contribution in [0.5, 0.6) is 0 Å². The zero-order valence-electron chi connectivity index (χ0n) is 15.6. The van der Waals surface area contributed by atoms with Crippen molar-refractivity contribution < 1.29 is 29.1 Å². The van der Waals surface area contributed by atoms with Gasteiger partial charge in [0, 0.05) is 13.1 Å². The minimum Gasteiger partial charge on any atom is -0.444 e. The van der Waals surface area contributed by atoms with Crippen LogP contribution in [0.3, 0.4) is 0 Å². The number of aromatic nitrogens is 2. The Hall–Kier alpha value is -2.40. The lowest BCUT2D eigenvalue weighted by atomic mass is 10.0. The lowest BCUT2D eigenvalue weighted by molar-refractivity contribution is -0.0584. The molecule has 3 rings (SSSR count). The fourth-order valence-electron chi connectivity index (χ4n) is 3.18. The number of piperidine rings is 1. The van der Waals surface area contributed by atoms with Crippen LogP contribution in [0, 0.1) is 0 Å². The van der Waals surface area contributed by atoms with Gasteiger partial charge in [0.25, 0.3) is 0 Å². The zero-order chi connectivity index (χ0) is 19.8. The number of ether oxygens (including phenoxy) is 1. The van der Waals surface area contributed by atoms with E-state index in [2.05, 4.69) is 15.5 Å². The number of carbonyl (C=O) groups is 2. The van der Waals surface area contributed by atoms with Crippen molar-refractivity contribution in [3.8, 4) is 0 Å². The van der Waals surface area contributed by atoms with Gasteiger partial charge in [0.2, 0.25) is 11.8 Å². The molecule has 3 amide bonds. The Bertz CT molecular complexity index is 702. The molecule has 2 bridgehead atoms. The Labute approximate surface area is 156 Å². The van der Waals surface area contributed by atoms with Gasteiger partial charge in [-0.3, -0.25) is 5.21 Å². The van der Waals surface area contributed by atoms with Gasteiger partial charge in [-0.05, 0) is 33.6 Å². The Morgan fingerprint density at radius 1 is 1.41 bits per heavy atom. The van der Waals surface area contributed by atoms with Crippen molar-refractivity contribution in [2.45, 2.75) is 63.8 Å². The molecule has 0 aromatic carbocycles. The molecule has 1 aromatic rings. The number of nitrogens with one attached hydrogen (secondary N) is 1. The predicted octanol–water partition coefficient (Wildman–Crippen LogP) is 0.828. The van der Waals surface area contributed by atoms with Gasteiger partial charge < -0.3 is 24.5 Å². The molecule has 2 aliphatic heterocycles. The zero-order valence-corrected chi connectivity index (χ0v) is 15.6. The molecule has 11 heteroatoms. The third kappa shape index (κ3) is 4.48. The number of hydrogen-bond acceptors (Lipinski definition) is 8. The Kier molecular flexibility index (Phi) is 5.24. The summed E-state index contributed by atoms with van der Waals surface area (Å²) in [5.41, 5.74) is -0.618. The highest BCUT2D eigenvalue weighted by Gasteiger charge is 2.46. The van der Waals surface area contributed by atoms with Gasteiger partial charge in [-0.1, -0.05) is 0 Å². The number of hydroxylamine groups is 2. The second-order valence-corrected chi connectivity index (χ2v) is 7.80. The number of carbonyl (C=O) groups excluding carboxylic acids is 2. The van der Waals surface area contributed by atoms with E-state index >= 15 is 0 Å². The van der Waals surface area contributed by atoms with Crippen LogP contribution in [0.1, 0.15) is 51.4 Å². The minimum absolute atomic E-state index is 0.0260. The molecular formula is C16H25N5O6. The van der Waals surface area contributed by atoms with Crippen molar-refractivity contribution in [2.24, 2.45) is 0 Å². The van der Waals surface area contributed by atoms with Crippen molar-refractivity contribution in [3.05, 3.63) is 11.8 Å². The summed E-state index contributed by atoms with van der Waals surface area (Å²) in [7, 11) is 0. The maximum Gasteiger partial charge on any atom is 0.407 e. The normalized spacial score (nSPS) is 23.5. The van der Waals surface area contributed by atoms with Gasteiger partial charge in [-0.25, -0.2) is 14.7 Å². The molecule has 2 saturated heterocycles. The standard InChI is InChI=1S/C16H25N5O6/c1-16(2,3)27-14(23)17-7-10(22)6-12-18-19-13(26-12)11-5-4-9-8-20(11)15(24)21(9)25/h9-11,22,25H,4-8H2,1-3H3,(H,17,23)/t9-,10?,11-/m0/s1. The van der Waals surface area contributed by atoms with E-state index in [1.54, 1.807) is 20.8 Å². The maximum atomic E-state index is 12.0. The first-order chi connectivity index (χ1) is 12.6. The van der Waals surface area contributed by atoms with Crippen LogP contribution in [-0.4, -0.2) is 73.4 Å². The topological polar surface area (TPSA) is 141 Å². The first-order valence-electron chi connectivity index (χ1n) is 8.90. The van der Waals surface area contributed by atoms with Crippen molar-refractivity contribution in [3.63, 3.8) is 0 Å². The highest BCUT2D eigenvalue weighted by molar-refractivity contribution is 5.76. The lowest BCUT2D eigenvalue weighted by Gasteiger charge is -2.27. The third-order valence-corrected chi connectivity index (χ3v) is 4.40. The van der Waals surface area contributed by atoms with Crippen LogP contribution >= 0.6 is 0 Å². The number of nitrogens with zero attached hydrogens (tertiary/aromatic N) is 4. The summed E-state index contributed by atoms with van der Waals surface area (Å²) in [6, 6.07) is -1.05. The van der Waals surface area contributed by atoms with Gasteiger partial charge in [0.05, 0.1) is 18.6 Å². The molecule has 3 N–H and O–H groups in total. The summed E-state index contributed by atoms with van der Waals surface area (Å²) in [4.78, 5) is 25.1.